The largest absolute Gasteiger partial charge is 0.475 e. The zero-order valence-corrected chi connectivity index (χ0v) is 10.2. The van der Waals surface area contributed by atoms with E-state index in [0.29, 0.717) is 0 Å². The van der Waals surface area contributed by atoms with E-state index < -0.39 is 23.7 Å². The van der Waals surface area contributed by atoms with Crippen LogP contribution >= 0.6 is 0 Å². The molecular weight excluding hydrogens is 254 g/mol. The van der Waals surface area contributed by atoms with Crippen LogP contribution in [0, 0.1) is 0 Å². The number of carboxylic acids is 1. The molecule has 8 heteroatoms. The van der Waals surface area contributed by atoms with Gasteiger partial charge in [0.2, 0.25) is 11.7 Å². The summed E-state index contributed by atoms with van der Waals surface area (Å²) in [5.41, 5.74) is -0.177. The van der Waals surface area contributed by atoms with E-state index in [9.17, 15) is 14.4 Å². The van der Waals surface area contributed by atoms with E-state index >= 15 is 0 Å². The van der Waals surface area contributed by atoms with Gasteiger partial charge >= 0.3 is 5.97 Å². The molecular formula is C11H13N3O5. The Morgan fingerprint density at radius 1 is 1.47 bits per heavy atom. The average Bonchev–Trinajstić information content (AvgIpc) is 3.01. The highest BCUT2D eigenvalue weighted by Gasteiger charge is 2.27. The molecule has 0 saturated heterocycles. The fourth-order valence-electron chi connectivity index (χ4n) is 1.37. The van der Waals surface area contributed by atoms with Gasteiger partial charge in [0, 0.05) is 12.1 Å². The van der Waals surface area contributed by atoms with Crippen molar-refractivity contribution >= 4 is 17.8 Å². The molecule has 1 aromatic heterocycles. The Labute approximate surface area is 108 Å². The third kappa shape index (κ3) is 3.30. The summed E-state index contributed by atoms with van der Waals surface area (Å²) >= 11 is 0. The quantitative estimate of drug-likeness (QED) is 0.677. The van der Waals surface area contributed by atoms with Crippen molar-refractivity contribution in [2.75, 3.05) is 0 Å². The first-order chi connectivity index (χ1) is 8.97. The fraction of sp³-hybridized carbons (Fsp3) is 0.455. The van der Waals surface area contributed by atoms with Gasteiger partial charge in [0.05, 0.1) is 0 Å². The van der Waals surface area contributed by atoms with E-state index in [1.54, 1.807) is 0 Å². The molecule has 2 amide bonds. The fourth-order valence-corrected chi connectivity index (χ4v) is 1.37. The van der Waals surface area contributed by atoms with Gasteiger partial charge < -0.3 is 20.3 Å². The summed E-state index contributed by atoms with van der Waals surface area (Å²) in [6, 6.07) is 0.485. The van der Waals surface area contributed by atoms with Crippen LogP contribution < -0.4 is 10.6 Å². The molecule has 1 unspecified atom stereocenters. The number of hydrogen-bond donors (Lipinski definition) is 3. The number of nitrogens with zero attached hydrogens (tertiary/aromatic N) is 1. The molecule has 102 valence electrons. The number of aromatic nitrogens is 1. The van der Waals surface area contributed by atoms with Crippen LogP contribution in [0.5, 0.6) is 0 Å². The minimum Gasteiger partial charge on any atom is -0.475 e. The van der Waals surface area contributed by atoms with Crippen LogP contribution in [-0.2, 0) is 4.79 Å². The molecule has 1 heterocycles. The van der Waals surface area contributed by atoms with Crippen molar-refractivity contribution in [3.63, 3.8) is 0 Å². The van der Waals surface area contributed by atoms with Crippen LogP contribution in [-0.4, -0.2) is 40.1 Å². The monoisotopic (exact) mass is 267 g/mol. The summed E-state index contributed by atoms with van der Waals surface area (Å²) in [6.45, 7) is 1.54. The smallest absolute Gasteiger partial charge is 0.374 e. The maximum Gasteiger partial charge on any atom is 0.374 e. The van der Waals surface area contributed by atoms with Crippen LogP contribution in [0.3, 0.4) is 0 Å². The third-order valence-electron chi connectivity index (χ3n) is 2.62. The van der Waals surface area contributed by atoms with Crippen molar-refractivity contribution in [1.82, 2.24) is 15.8 Å². The lowest BCUT2D eigenvalue weighted by Gasteiger charge is -2.12. The van der Waals surface area contributed by atoms with E-state index in [-0.39, 0.29) is 17.6 Å². The van der Waals surface area contributed by atoms with Gasteiger partial charge in [-0.1, -0.05) is 5.16 Å². The van der Waals surface area contributed by atoms with Gasteiger partial charge in [-0.25, -0.2) is 4.79 Å². The molecule has 3 N–H and O–H groups in total. The number of aromatic carboxylic acids is 1. The highest BCUT2D eigenvalue weighted by atomic mass is 16.5. The first-order valence-electron chi connectivity index (χ1n) is 5.78. The van der Waals surface area contributed by atoms with Gasteiger partial charge in [0.1, 0.15) is 6.04 Å². The summed E-state index contributed by atoms with van der Waals surface area (Å²) in [5.74, 6) is -2.68. The van der Waals surface area contributed by atoms with Crippen molar-refractivity contribution in [2.24, 2.45) is 0 Å². The second kappa shape index (κ2) is 5.09. The van der Waals surface area contributed by atoms with Gasteiger partial charge in [-0.15, -0.1) is 0 Å². The molecule has 1 saturated carbocycles. The van der Waals surface area contributed by atoms with E-state index in [0.717, 1.165) is 18.9 Å². The minimum absolute atomic E-state index is 0.177. The molecule has 0 spiro atoms. The zero-order chi connectivity index (χ0) is 14.0. The lowest BCUT2D eigenvalue weighted by atomic mass is 10.2. The Balaban J connectivity index is 1.91. The molecule has 1 aliphatic carbocycles. The molecule has 0 radical (unpaired) electrons. The Kier molecular flexibility index (Phi) is 3.50. The SMILES string of the molecule is CC(NC(=O)c1cc(C(=O)O)on1)C(=O)NC1CC1. The summed E-state index contributed by atoms with van der Waals surface area (Å²) < 4.78 is 4.45. The number of carboxylic acid groups (broad SMARTS) is 1. The highest BCUT2D eigenvalue weighted by molar-refractivity contribution is 5.97. The van der Waals surface area contributed by atoms with Crippen LogP contribution in [0.1, 0.15) is 40.8 Å². The number of carbonyl (C=O) groups excluding carboxylic acids is 2. The van der Waals surface area contributed by atoms with Gasteiger partial charge in [0.15, 0.2) is 5.69 Å². The normalized spacial score (nSPS) is 15.6. The second-order valence-electron chi connectivity index (χ2n) is 4.36. The minimum atomic E-state index is -1.31. The molecule has 0 bridgehead atoms. The van der Waals surface area contributed by atoms with E-state index in [4.69, 9.17) is 5.11 Å². The number of rotatable bonds is 5. The van der Waals surface area contributed by atoms with Crippen molar-refractivity contribution in [3.8, 4) is 0 Å². The predicted molar refractivity (Wildman–Crippen MR) is 61.6 cm³/mol. The maximum absolute atomic E-state index is 11.7. The molecule has 1 atom stereocenters. The van der Waals surface area contributed by atoms with Gasteiger partial charge in [-0.05, 0) is 19.8 Å². The summed E-state index contributed by atoms with van der Waals surface area (Å²) in [6.07, 6.45) is 1.91. The highest BCUT2D eigenvalue weighted by Crippen LogP contribution is 2.18. The van der Waals surface area contributed by atoms with E-state index in [2.05, 4.69) is 20.3 Å². The number of carbonyl (C=O) groups is 3. The lowest BCUT2D eigenvalue weighted by Crippen LogP contribution is -2.45. The molecule has 1 aliphatic rings. The molecule has 1 fully saturated rings. The van der Waals surface area contributed by atoms with E-state index in [1.165, 1.54) is 6.92 Å². The molecule has 2 rings (SSSR count). The van der Waals surface area contributed by atoms with Crippen LogP contribution in [0.4, 0.5) is 0 Å². The topological polar surface area (TPSA) is 122 Å². The van der Waals surface area contributed by atoms with Crippen molar-refractivity contribution in [2.45, 2.75) is 31.8 Å². The third-order valence-corrected chi connectivity index (χ3v) is 2.62. The van der Waals surface area contributed by atoms with Gasteiger partial charge in [-0.3, -0.25) is 9.59 Å². The number of hydrogen-bond acceptors (Lipinski definition) is 5. The second-order valence-corrected chi connectivity index (χ2v) is 4.36. The summed E-state index contributed by atoms with van der Waals surface area (Å²) in [4.78, 5) is 33.9. The summed E-state index contributed by atoms with van der Waals surface area (Å²) in [7, 11) is 0. The van der Waals surface area contributed by atoms with Crippen LogP contribution in [0.2, 0.25) is 0 Å². The first-order valence-corrected chi connectivity index (χ1v) is 5.78. The molecule has 0 aliphatic heterocycles. The Bertz CT molecular complexity index is 520. The maximum atomic E-state index is 11.7. The zero-order valence-electron chi connectivity index (χ0n) is 10.2. The van der Waals surface area contributed by atoms with E-state index in [1.807, 2.05) is 0 Å². The van der Waals surface area contributed by atoms with Crippen molar-refractivity contribution in [3.05, 3.63) is 17.5 Å². The standard InChI is InChI=1S/C11H13N3O5/c1-5(9(15)13-6-2-3-6)12-10(16)7-4-8(11(17)18)19-14-7/h4-6H,2-3H2,1H3,(H,12,16)(H,13,15)(H,17,18). The molecule has 1 aromatic rings. The lowest BCUT2D eigenvalue weighted by molar-refractivity contribution is -0.122. The Morgan fingerprint density at radius 3 is 2.68 bits per heavy atom. The van der Waals surface area contributed by atoms with Crippen LogP contribution in [0.25, 0.3) is 0 Å². The summed E-state index contributed by atoms with van der Waals surface area (Å²) in [5, 5.41) is 17.1. The van der Waals surface area contributed by atoms with Gasteiger partial charge in [0.25, 0.3) is 5.91 Å². The number of nitrogens with one attached hydrogen (secondary N) is 2. The van der Waals surface area contributed by atoms with Crippen LogP contribution in [0.15, 0.2) is 10.6 Å². The Morgan fingerprint density at radius 2 is 2.16 bits per heavy atom. The molecule has 8 nitrogen and oxygen atoms in total. The van der Waals surface area contributed by atoms with Gasteiger partial charge in [-0.2, -0.15) is 0 Å². The van der Waals surface area contributed by atoms with Crippen molar-refractivity contribution in [1.29, 1.82) is 0 Å². The Hall–Kier alpha value is -2.38. The molecule has 0 aromatic carbocycles. The first kappa shape index (κ1) is 13.1. The molecule has 19 heavy (non-hydrogen) atoms. The van der Waals surface area contributed by atoms with Crippen molar-refractivity contribution < 1.29 is 24.0 Å². The number of amides is 2. The predicted octanol–water partition coefficient (Wildman–Crippen LogP) is -0.230. The average molecular weight is 267 g/mol.